The lowest BCUT2D eigenvalue weighted by atomic mass is 10.1. The fraction of sp³-hybridized carbons (Fsp3) is 0.250. The van der Waals surface area contributed by atoms with Gasteiger partial charge in [0.2, 0.25) is 0 Å². The molecule has 4 heteroatoms. The van der Waals surface area contributed by atoms with E-state index in [-0.39, 0.29) is 0 Å². The van der Waals surface area contributed by atoms with Crippen molar-refractivity contribution in [1.29, 1.82) is 0 Å². The van der Waals surface area contributed by atoms with Gasteiger partial charge in [0.15, 0.2) is 0 Å². The van der Waals surface area contributed by atoms with E-state index in [1.807, 2.05) is 12.3 Å². The molecule has 0 aliphatic rings. The molecule has 1 heterocycles. The molecule has 3 nitrogen and oxygen atoms in total. The van der Waals surface area contributed by atoms with Crippen molar-refractivity contribution < 1.29 is 9.15 Å². The standard InChI is InChI=1S/C16H16BrNO2/c1-19-7-6-18-9-12-10-20-16-14(12)8-11-4-2-3-5-13(11)15(16)17/h2-5,8,10,18H,6-7,9H2,1H3. The van der Waals surface area contributed by atoms with Gasteiger partial charge in [-0.05, 0) is 32.8 Å². The van der Waals surface area contributed by atoms with Crippen LogP contribution in [0.4, 0.5) is 0 Å². The van der Waals surface area contributed by atoms with Gasteiger partial charge in [-0.15, -0.1) is 0 Å². The molecule has 2 aromatic carbocycles. The molecular formula is C16H16BrNO2. The van der Waals surface area contributed by atoms with Gasteiger partial charge in [-0.2, -0.15) is 0 Å². The van der Waals surface area contributed by atoms with Crippen molar-refractivity contribution >= 4 is 37.7 Å². The van der Waals surface area contributed by atoms with E-state index >= 15 is 0 Å². The number of rotatable bonds is 5. The molecule has 3 rings (SSSR count). The number of hydrogen-bond acceptors (Lipinski definition) is 3. The average Bonchev–Trinajstić information content (AvgIpc) is 2.87. The molecule has 0 aliphatic carbocycles. The maximum atomic E-state index is 5.73. The third-order valence-corrected chi connectivity index (χ3v) is 4.19. The van der Waals surface area contributed by atoms with Crippen molar-refractivity contribution in [3.63, 3.8) is 0 Å². The number of hydrogen-bond donors (Lipinski definition) is 1. The second-order valence-corrected chi connectivity index (χ2v) is 5.51. The van der Waals surface area contributed by atoms with Gasteiger partial charge in [0, 0.05) is 31.1 Å². The van der Waals surface area contributed by atoms with Crippen molar-refractivity contribution in [2.45, 2.75) is 6.54 Å². The molecule has 1 N–H and O–H groups in total. The molecule has 0 aliphatic heterocycles. The highest BCUT2D eigenvalue weighted by Gasteiger charge is 2.12. The van der Waals surface area contributed by atoms with Crippen molar-refractivity contribution in [3.8, 4) is 0 Å². The second kappa shape index (κ2) is 5.95. The minimum atomic E-state index is 0.711. The van der Waals surface area contributed by atoms with Crippen LogP contribution in [0.25, 0.3) is 21.7 Å². The molecule has 1 aromatic heterocycles. The van der Waals surface area contributed by atoms with Crippen LogP contribution in [0.3, 0.4) is 0 Å². The molecule has 0 amide bonds. The second-order valence-electron chi connectivity index (χ2n) is 4.72. The largest absolute Gasteiger partial charge is 0.463 e. The van der Waals surface area contributed by atoms with Crippen molar-refractivity contribution in [2.24, 2.45) is 0 Å². The number of furan rings is 1. The maximum absolute atomic E-state index is 5.73. The van der Waals surface area contributed by atoms with Crippen LogP contribution in [-0.4, -0.2) is 20.3 Å². The summed E-state index contributed by atoms with van der Waals surface area (Å²) in [6.07, 6.45) is 1.83. The average molecular weight is 334 g/mol. The Bertz CT molecular complexity index is 736. The first-order chi connectivity index (χ1) is 9.81. The lowest BCUT2D eigenvalue weighted by Gasteiger charge is -2.04. The topological polar surface area (TPSA) is 34.4 Å². The van der Waals surface area contributed by atoms with Gasteiger partial charge in [-0.1, -0.05) is 24.3 Å². The molecule has 0 saturated carbocycles. The quantitative estimate of drug-likeness (QED) is 0.714. The molecule has 0 radical (unpaired) electrons. The summed E-state index contributed by atoms with van der Waals surface area (Å²) in [6, 6.07) is 10.5. The minimum Gasteiger partial charge on any atom is -0.463 e. The predicted octanol–water partition coefficient (Wildman–Crippen LogP) is 4.08. The first-order valence-electron chi connectivity index (χ1n) is 6.58. The van der Waals surface area contributed by atoms with Crippen LogP contribution in [0, 0.1) is 0 Å². The van der Waals surface area contributed by atoms with Crippen molar-refractivity contribution in [1.82, 2.24) is 5.32 Å². The number of fused-ring (bicyclic) bond motifs is 2. The molecule has 0 fully saturated rings. The first kappa shape index (κ1) is 13.6. The van der Waals surface area contributed by atoms with E-state index in [1.165, 1.54) is 16.3 Å². The SMILES string of the molecule is COCCNCc1coc2c(Br)c3ccccc3cc12. The fourth-order valence-corrected chi connectivity index (χ4v) is 3.03. The van der Waals surface area contributed by atoms with E-state index in [9.17, 15) is 0 Å². The van der Waals surface area contributed by atoms with Crippen LogP contribution in [0.2, 0.25) is 0 Å². The van der Waals surface area contributed by atoms with E-state index in [2.05, 4.69) is 45.5 Å². The highest BCUT2D eigenvalue weighted by atomic mass is 79.9. The van der Waals surface area contributed by atoms with Gasteiger partial charge in [0.25, 0.3) is 0 Å². The van der Waals surface area contributed by atoms with Crippen LogP contribution in [0.15, 0.2) is 45.5 Å². The first-order valence-corrected chi connectivity index (χ1v) is 7.37. The summed E-state index contributed by atoms with van der Waals surface area (Å²) in [4.78, 5) is 0. The van der Waals surface area contributed by atoms with Crippen LogP contribution < -0.4 is 5.32 Å². The van der Waals surface area contributed by atoms with E-state index in [1.54, 1.807) is 7.11 Å². The summed E-state index contributed by atoms with van der Waals surface area (Å²) >= 11 is 3.65. The van der Waals surface area contributed by atoms with Crippen LogP contribution in [-0.2, 0) is 11.3 Å². The zero-order valence-corrected chi connectivity index (χ0v) is 12.9. The molecular weight excluding hydrogens is 318 g/mol. The number of benzene rings is 2. The lowest BCUT2D eigenvalue weighted by molar-refractivity contribution is 0.199. The fourth-order valence-electron chi connectivity index (χ4n) is 2.37. The summed E-state index contributed by atoms with van der Waals surface area (Å²) < 4.78 is 11.8. The minimum absolute atomic E-state index is 0.711. The Hall–Kier alpha value is -1.36. The summed E-state index contributed by atoms with van der Waals surface area (Å²) in [5.74, 6) is 0. The van der Waals surface area contributed by atoms with Gasteiger partial charge in [-0.25, -0.2) is 0 Å². The summed E-state index contributed by atoms with van der Waals surface area (Å²) in [6.45, 7) is 2.32. The molecule has 0 spiro atoms. The zero-order valence-electron chi connectivity index (χ0n) is 11.3. The lowest BCUT2D eigenvalue weighted by Crippen LogP contribution is -2.18. The molecule has 0 bridgehead atoms. The van der Waals surface area contributed by atoms with Crippen molar-refractivity contribution in [3.05, 3.63) is 46.6 Å². The molecule has 0 saturated heterocycles. The number of halogens is 1. The van der Waals surface area contributed by atoms with E-state index in [0.717, 1.165) is 28.5 Å². The predicted molar refractivity (Wildman–Crippen MR) is 85.0 cm³/mol. The zero-order chi connectivity index (χ0) is 13.9. The van der Waals surface area contributed by atoms with Gasteiger partial charge in [0.1, 0.15) is 5.58 Å². The van der Waals surface area contributed by atoms with Gasteiger partial charge in [-0.3, -0.25) is 0 Å². The molecule has 104 valence electrons. The smallest absolute Gasteiger partial charge is 0.149 e. The molecule has 20 heavy (non-hydrogen) atoms. The maximum Gasteiger partial charge on any atom is 0.149 e. The van der Waals surface area contributed by atoms with E-state index < -0.39 is 0 Å². The normalized spacial score (nSPS) is 11.5. The van der Waals surface area contributed by atoms with Crippen LogP contribution >= 0.6 is 15.9 Å². The summed E-state index contributed by atoms with van der Waals surface area (Å²) in [7, 11) is 1.71. The Kier molecular flexibility index (Phi) is 4.05. The van der Waals surface area contributed by atoms with Gasteiger partial charge < -0.3 is 14.5 Å². The van der Waals surface area contributed by atoms with Gasteiger partial charge >= 0.3 is 0 Å². The van der Waals surface area contributed by atoms with E-state index in [0.29, 0.717) is 6.61 Å². The van der Waals surface area contributed by atoms with Crippen LogP contribution in [0.5, 0.6) is 0 Å². The highest BCUT2D eigenvalue weighted by molar-refractivity contribution is 9.10. The Labute approximate surface area is 126 Å². The summed E-state index contributed by atoms with van der Waals surface area (Å²) in [5.41, 5.74) is 2.08. The van der Waals surface area contributed by atoms with Crippen molar-refractivity contribution in [2.75, 3.05) is 20.3 Å². The monoisotopic (exact) mass is 333 g/mol. The number of methoxy groups -OCH3 is 1. The highest BCUT2D eigenvalue weighted by Crippen LogP contribution is 2.35. The van der Waals surface area contributed by atoms with Crippen LogP contribution in [0.1, 0.15) is 5.56 Å². The molecule has 3 aromatic rings. The Morgan fingerprint density at radius 2 is 2.10 bits per heavy atom. The third kappa shape index (κ3) is 2.46. The Balaban J connectivity index is 1.99. The number of ether oxygens (including phenoxy) is 1. The summed E-state index contributed by atoms with van der Waals surface area (Å²) in [5, 5.41) is 6.89. The Morgan fingerprint density at radius 3 is 2.95 bits per heavy atom. The molecule has 0 unspecified atom stereocenters. The third-order valence-electron chi connectivity index (χ3n) is 3.40. The number of nitrogens with one attached hydrogen (secondary N) is 1. The molecule has 0 atom stereocenters. The Morgan fingerprint density at radius 1 is 1.25 bits per heavy atom. The van der Waals surface area contributed by atoms with E-state index in [4.69, 9.17) is 9.15 Å². The van der Waals surface area contributed by atoms with Gasteiger partial charge in [0.05, 0.1) is 17.3 Å².